The maximum atomic E-state index is 13.3. The van der Waals surface area contributed by atoms with Crippen LogP contribution < -0.4 is 20.1 Å². The highest BCUT2D eigenvalue weighted by atomic mass is 16.6. The van der Waals surface area contributed by atoms with Crippen molar-refractivity contribution in [1.29, 1.82) is 0 Å². The molecule has 3 fully saturated rings. The summed E-state index contributed by atoms with van der Waals surface area (Å²) in [4.78, 5) is 105. The first-order chi connectivity index (χ1) is 37.8. The van der Waals surface area contributed by atoms with Gasteiger partial charge in [0.05, 0.1) is 39.1 Å². The average molecular weight is 1090 g/mol. The molecular weight excluding hydrogens is 1000 g/mol. The second-order valence-corrected chi connectivity index (χ2v) is 21.0. The number of hydrogen-bond acceptors (Lipinski definition) is 14. The molecule has 20 nitrogen and oxygen atoms in total. The maximum Gasteiger partial charge on any atom is 0.412 e. The molecule has 2 aromatic rings. The van der Waals surface area contributed by atoms with Gasteiger partial charge in [0.15, 0.2) is 0 Å². The van der Waals surface area contributed by atoms with Crippen molar-refractivity contribution in [2.45, 2.75) is 141 Å². The average Bonchev–Trinajstić information content (AvgIpc) is 3.42. The van der Waals surface area contributed by atoms with Crippen LogP contribution in [0.4, 0.5) is 9.59 Å². The first kappa shape index (κ1) is 62.6. The zero-order valence-electron chi connectivity index (χ0n) is 45.8. The second-order valence-electron chi connectivity index (χ2n) is 21.0. The molecule has 0 spiro atoms. The van der Waals surface area contributed by atoms with Gasteiger partial charge in [-0.1, -0.05) is 75.6 Å². The summed E-state index contributed by atoms with van der Waals surface area (Å²) in [5, 5.41) is 22.9. The summed E-state index contributed by atoms with van der Waals surface area (Å²) in [5.41, 5.74) is 1.51. The van der Waals surface area contributed by atoms with Gasteiger partial charge in [0.25, 0.3) is 0 Å². The number of carbonyl (C=O) groups excluding carboxylic acids is 6. The normalized spacial score (nSPS) is 15.5. The number of hydrogen-bond donors (Lipinski definition) is 4. The van der Waals surface area contributed by atoms with Crippen LogP contribution in [-0.2, 0) is 51.1 Å². The SMILES string of the molecule is O=C(O)CCCCCCCCNC(=O)Oc1ccc(CC(=O)OCCC2CCN(CC(=O)N3CCN(C(=O)CN4CCC(CCOC(=O)Cc5ccc(OC(=O)NCCCCCCCCC(=O)O)cc5)CC4)CC3)CC2)cc1. The van der Waals surface area contributed by atoms with Crippen LogP contribution in [0.5, 0.6) is 11.5 Å². The number of unbranched alkanes of at least 4 members (excludes halogenated alkanes) is 10. The Morgan fingerprint density at radius 1 is 0.449 bits per heavy atom. The number of carboxylic acids is 2. The van der Waals surface area contributed by atoms with Gasteiger partial charge in [-0.05, 0) is 138 Å². The molecule has 78 heavy (non-hydrogen) atoms. The van der Waals surface area contributed by atoms with Gasteiger partial charge >= 0.3 is 36.1 Å². The van der Waals surface area contributed by atoms with Crippen LogP contribution in [0.15, 0.2) is 48.5 Å². The van der Waals surface area contributed by atoms with Gasteiger partial charge in [0.2, 0.25) is 11.8 Å². The van der Waals surface area contributed by atoms with Gasteiger partial charge in [-0.15, -0.1) is 0 Å². The lowest BCUT2D eigenvalue weighted by Gasteiger charge is -2.38. The van der Waals surface area contributed by atoms with Gasteiger partial charge in [-0.3, -0.25) is 38.6 Å². The Morgan fingerprint density at radius 3 is 1.13 bits per heavy atom. The molecule has 3 heterocycles. The number of carboxylic acid groups (broad SMARTS) is 2. The van der Waals surface area contributed by atoms with Gasteiger partial charge < -0.3 is 49.6 Å². The Bertz CT molecular complexity index is 2000. The van der Waals surface area contributed by atoms with E-state index < -0.39 is 24.1 Å². The maximum absolute atomic E-state index is 13.3. The minimum absolute atomic E-state index is 0.0855. The quantitative estimate of drug-likeness (QED) is 0.0398. The molecule has 0 atom stereocenters. The van der Waals surface area contributed by atoms with Crippen LogP contribution in [-0.4, -0.2) is 169 Å². The minimum atomic E-state index is -0.763. The second kappa shape index (κ2) is 36.0. The van der Waals surface area contributed by atoms with E-state index in [1.807, 2.05) is 9.80 Å². The van der Waals surface area contributed by atoms with Crippen molar-refractivity contribution >= 4 is 47.9 Å². The molecule has 20 heteroatoms. The van der Waals surface area contributed by atoms with Crippen molar-refractivity contribution in [2.75, 3.05) is 91.8 Å². The van der Waals surface area contributed by atoms with E-state index in [0.29, 0.717) is 102 Å². The third kappa shape index (κ3) is 26.4. The third-order valence-corrected chi connectivity index (χ3v) is 14.8. The lowest BCUT2D eigenvalue weighted by atomic mass is 9.94. The van der Waals surface area contributed by atoms with Crippen LogP contribution in [0, 0.1) is 11.8 Å². The number of piperazine rings is 1. The summed E-state index contributed by atoms with van der Waals surface area (Å²) in [6.07, 6.45) is 15.4. The molecule has 5 rings (SSSR count). The molecule has 0 radical (unpaired) electrons. The van der Waals surface area contributed by atoms with E-state index in [9.17, 15) is 38.4 Å². The monoisotopic (exact) mass is 1090 g/mol. The highest BCUT2D eigenvalue weighted by Crippen LogP contribution is 2.23. The highest BCUT2D eigenvalue weighted by molar-refractivity contribution is 5.80. The van der Waals surface area contributed by atoms with E-state index in [1.165, 1.54) is 0 Å². The number of ether oxygens (including phenoxy) is 4. The molecule has 3 aliphatic rings. The molecule has 3 saturated heterocycles. The molecular formula is C58H86N6O14. The third-order valence-electron chi connectivity index (χ3n) is 14.8. The number of esters is 2. The molecule has 0 saturated carbocycles. The number of likely N-dealkylation sites (tertiary alicyclic amines) is 2. The van der Waals surface area contributed by atoms with Crippen LogP contribution in [0.1, 0.15) is 140 Å². The van der Waals surface area contributed by atoms with Gasteiger partial charge in [-0.25, -0.2) is 9.59 Å². The summed E-state index contributed by atoms with van der Waals surface area (Å²) in [6.45, 7) is 7.66. The summed E-state index contributed by atoms with van der Waals surface area (Å²) in [5.74, 6) is -0.415. The van der Waals surface area contributed by atoms with E-state index in [2.05, 4.69) is 20.4 Å². The largest absolute Gasteiger partial charge is 0.481 e. The smallest absolute Gasteiger partial charge is 0.412 e. The van der Waals surface area contributed by atoms with Crippen LogP contribution >= 0.6 is 0 Å². The fraction of sp³-hybridized carbons (Fsp3) is 0.655. The van der Waals surface area contributed by atoms with E-state index in [4.69, 9.17) is 29.2 Å². The van der Waals surface area contributed by atoms with E-state index >= 15 is 0 Å². The fourth-order valence-corrected chi connectivity index (χ4v) is 10.0. The molecule has 0 aliphatic carbocycles. The Hall–Kier alpha value is -6.28. The van der Waals surface area contributed by atoms with Crippen molar-refractivity contribution in [1.82, 2.24) is 30.2 Å². The molecule has 3 aliphatic heterocycles. The predicted octanol–water partition coefficient (Wildman–Crippen LogP) is 7.24. The van der Waals surface area contributed by atoms with Crippen LogP contribution in [0.3, 0.4) is 0 Å². The van der Waals surface area contributed by atoms with Crippen molar-refractivity contribution in [3.8, 4) is 11.5 Å². The van der Waals surface area contributed by atoms with E-state index in [0.717, 1.165) is 140 Å². The Morgan fingerprint density at radius 2 is 0.782 bits per heavy atom. The number of piperidine rings is 2. The highest BCUT2D eigenvalue weighted by Gasteiger charge is 2.29. The molecule has 0 aromatic heterocycles. The van der Waals surface area contributed by atoms with Gasteiger partial charge in [0.1, 0.15) is 11.5 Å². The number of benzene rings is 2. The zero-order valence-corrected chi connectivity index (χ0v) is 45.8. The molecule has 0 unspecified atom stereocenters. The molecule has 432 valence electrons. The molecule has 2 aromatic carbocycles. The van der Waals surface area contributed by atoms with E-state index in [-0.39, 0.29) is 49.4 Å². The summed E-state index contributed by atoms with van der Waals surface area (Å²) in [6, 6.07) is 13.6. The van der Waals surface area contributed by atoms with Gasteiger partial charge in [-0.2, -0.15) is 0 Å². The van der Waals surface area contributed by atoms with Crippen molar-refractivity contribution in [3.05, 3.63) is 59.7 Å². The number of nitrogens with zero attached hydrogens (tertiary/aromatic N) is 4. The fourth-order valence-electron chi connectivity index (χ4n) is 10.0. The number of amides is 4. The summed E-state index contributed by atoms with van der Waals surface area (Å²) in [7, 11) is 0. The van der Waals surface area contributed by atoms with E-state index in [1.54, 1.807) is 48.5 Å². The number of rotatable bonds is 34. The Kier molecular flexibility index (Phi) is 28.9. The van der Waals surface area contributed by atoms with Crippen molar-refractivity contribution in [3.63, 3.8) is 0 Å². The predicted molar refractivity (Wildman–Crippen MR) is 291 cm³/mol. The number of nitrogens with one attached hydrogen (secondary N) is 2. The van der Waals surface area contributed by atoms with Crippen molar-refractivity contribution < 1.29 is 67.5 Å². The molecule has 4 amide bonds. The zero-order chi connectivity index (χ0) is 55.7. The lowest BCUT2D eigenvalue weighted by Crippen LogP contribution is -2.54. The van der Waals surface area contributed by atoms with Crippen molar-refractivity contribution in [2.24, 2.45) is 11.8 Å². The summed E-state index contributed by atoms with van der Waals surface area (Å²) < 4.78 is 21.8. The van der Waals surface area contributed by atoms with Crippen LogP contribution in [0.2, 0.25) is 0 Å². The number of carbonyl (C=O) groups is 8. The minimum Gasteiger partial charge on any atom is -0.481 e. The topological polar surface area (TPSA) is 251 Å². The first-order valence-electron chi connectivity index (χ1n) is 28.6. The lowest BCUT2D eigenvalue weighted by molar-refractivity contribution is -0.144. The van der Waals surface area contributed by atoms with Gasteiger partial charge in [0, 0.05) is 52.1 Å². The first-order valence-corrected chi connectivity index (χ1v) is 28.6. The Labute approximate surface area is 460 Å². The van der Waals surface area contributed by atoms with Crippen LogP contribution in [0.25, 0.3) is 0 Å². The summed E-state index contributed by atoms with van der Waals surface area (Å²) >= 11 is 0. The molecule has 0 bridgehead atoms. The Balaban J connectivity index is 0.825. The number of aliphatic carboxylic acids is 2. The standard InChI is InChI=1S/C58H86N6O14/c65-51(43-61-31-23-45(24-32-61)27-39-75-55(71)41-47-15-19-49(20-16-47)77-57(73)59-29-11-7-3-1-5-9-13-53(67)68)63-35-37-64(38-36-63)52(66)44-62-33-25-46(26-34-62)28-40-76-56(72)42-48-17-21-50(22-18-48)78-58(74)60-30-12-8-4-2-6-10-14-54(69)70/h15-22,45-46H,1-14,23-44H2,(H,59,73)(H,60,74)(H,67,68)(H,69,70). The molecule has 4 N–H and O–H groups in total.